The van der Waals surface area contributed by atoms with Crippen molar-refractivity contribution < 1.29 is 13.2 Å². The Balaban J connectivity index is 1.83. The Labute approximate surface area is 178 Å². The van der Waals surface area contributed by atoms with Gasteiger partial charge in [0.05, 0.1) is 28.2 Å². The van der Waals surface area contributed by atoms with Gasteiger partial charge in [-0.1, -0.05) is 65.7 Å². The van der Waals surface area contributed by atoms with Crippen molar-refractivity contribution in [1.82, 2.24) is 5.43 Å². The van der Waals surface area contributed by atoms with E-state index in [1.54, 1.807) is 36.4 Å². The standard InChI is InChI=1S/C20H17Cl2N3O3S/c1-29(27,28)25(19-11-4-7-14-6-2-3-8-15(14)19)13-20(26)24-23-12-16-17(21)9-5-10-18(16)22/h2-12H,13H2,1H3,(H,24,26). The summed E-state index contributed by atoms with van der Waals surface area (Å²) in [7, 11) is -3.72. The molecule has 0 fully saturated rings. The molecular weight excluding hydrogens is 433 g/mol. The van der Waals surface area contributed by atoms with Crippen molar-refractivity contribution in [3.8, 4) is 0 Å². The van der Waals surface area contributed by atoms with Crippen molar-refractivity contribution in [2.75, 3.05) is 17.1 Å². The number of nitrogens with one attached hydrogen (secondary N) is 1. The number of carbonyl (C=O) groups is 1. The molecule has 0 aliphatic rings. The molecule has 1 N–H and O–H groups in total. The van der Waals surface area contributed by atoms with Gasteiger partial charge in [0.1, 0.15) is 6.54 Å². The Morgan fingerprint density at radius 2 is 1.66 bits per heavy atom. The molecule has 3 aromatic rings. The summed E-state index contributed by atoms with van der Waals surface area (Å²) in [5.74, 6) is -0.609. The molecule has 0 atom stereocenters. The van der Waals surface area contributed by atoms with E-state index < -0.39 is 22.5 Å². The van der Waals surface area contributed by atoms with E-state index in [1.165, 1.54) is 6.21 Å². The number of carbonyl (C=O) groups excluding carboxylic acids is 1. The van der Waals surface area contributed by atoms with Gasteiger partial charge in [0.2, 0.25) is 10.0 Å². The molecule has 0 heterocycles. The summed E-state index contributed by atoms with van der Waals surface area (Å²) in [5.41, 5.74) is 3.18. The largest absolute Gasteiger partial charge is 0.271 e. The van der Waals surface area contributed by atoms with Crippen molar-refractivity contribution >= 4 is 61.8 Å². The molecule has 0 radical (unpaired) electrons. The molecule has 0 saturated heterocycles. The first kappa shape index (κ1) is 21.1. The Morgan fingerprint density at radius 3 is 2.34 bits per heavy atom. The Morgan fingerprint density at radius 1 is 1.03 bits per heavy atom. The summed E-state index contributed by atoms with van der Waals surface area (Å²) in [5, 5.41) is 6.18. The van der Waals surface area contributed by atoms with E-state index in [0.29, 0.717) is 21.3 Å². The maximum atomic E-state index is 12.4. The number of hydrogen-bond acceptors (Lipinski definition) is 4. The highest BCUT2D eigenvalue weighted by Crippen LogP contribution is 2.28. The summed E-state index contributed by atoms with van der Waals surface area (Å²) in [6, 6.07) is 17.6. The van der Waals surface area contributed by atoms with E-state index in [0.717, 1.165) is 21.3 Å². The summed E-state index contributed by atoms with van der Waals surface area (Å²) >= 11 is 12.1. The highest BCUT2D eigenvalue weighted by atomic mass is 35.5. The van der Waals surface area contributed by atoms with Gasteiger partial charge >= 0.3 is 0 Å². The second-order valence-corrected chi connectivity index (χ2v) is 8.92. The normalized spacial score (nSPS) is 11.7. The lowest BCUT2D eigenvalue weighted by atomic mass is 10.1. The van der Waals surface area contributed by atoms with Gasteiger partial charge in [0, 0.05) is 10.9 Å². The first-order chi connectivity index (χ1) is 13.8. The Kier molecular flexibility index (Phi) is 6.42. The zero-order valence-corrected chi connectivity index (χ0v) is 17.7. The van der Waals surface area contributed by atoms with Gasteiger partial charge in [-0.2, -0.15) is 5.10 Å². The third-order valence-corrected chi connectivity index (χ3v) is 5.89. The predicted molar refractivity (Wildman–Crippen MR) is 118 cm³/mol. The minimum absolute atomic E-state index is 0.379. The number of hydrazone groups is 1. The van der Waals surface area contributed by atoms with Crippen LogP contribution < -0.4 is 9.73 Å². The van der Waals surface area contributed by atoms with Crippen molar-refractivity contribution in [3.63, 3.8) is 0 Å². The van der Waals surface area contributed by atoms with E-state index in [9.17, 15) is 13.2 Å². The number of nitrogens with zero attached hydrogens (tertiary/aromatic N) is 2. The third kappa shape index (κ3) is 5.06. The minimum atomic E-state index is -3.72. The third-order valence-electron chi connectivity index (χ3n) is 4.11. The summed E-state index contributed by atoms with van der Waals surface area (Å²) < 4.78 is 25.8. The SMILES string of the molecule is CS(=O)(=O)N(CC(=O)NN=Cc1c(Cl)cccc1Cl)c1cccc2ccccc12. The zero-order valence-electron chi connectivity index (χ0n) is 15.3. The minimum Gasteiger partial charge on any atom is -0.271 e. The summed E-state index contributed by atoms with van der Waals surface area (Å²) in [6.07, 6.45) is 2.36. The van der Waals surface area contributed by atoms with Gasteiger partial charge in [0.15, 0.2) is 0 Å². The molecule has 3 rings (SSSR count). The first-order valence-corrected chi connectivity index (χ1v) is 11.1. The van der Waals surface area contributed by atoms with E-state index in [4.69, 9.17) is 23.2 Å². The van der Waals surface area contributed by atoms with Crippen molar-refractivity contribution in [1.29, 1.82) is 0 Å². The predicted octanol–water partition coefficient (Wildman–Crippen LogP) is 4.06. The molecular formula is C20H17Cl2N3O3S. The molecule has 0 aliphatic heterocycles. The number of sulfonamides is 1. The smallest absolute Gasteiger partial charge is 0.260 e. The second-order valence-electron chi connectivity index (χ2n) is 6.20. The number of anilines is 1. The number of hydrogen-bond donors (Lipinski definition) is 1. The zero-order chi connectivity index (χ0) is 21.0. The molecule has 0 saturated carbocycles. The number of amides is 1. The highest BCUT2D eigenvalue weighted by Gasteiger charge is 2.22. The van der Waals surface area contributed by atoms with Crippen molar-refractivity contribution in [2.24, 2.45) is 5.10 Å². The second kappa shape index (κ2) is 8.82. The number of benzene rings is 3. The first-order valence-electron chi connectivity index (χ1n) is 8.49. The number of halogens is 2. The Bertz CT molecular complexity index is 1170. The monoisotopic (exact) mass is 449 g/mol. The maximum absolute atomic E-state index is 12.4. The molecule has 0 spiro atoms. The topological polar surface area (TPSA) is 78.8 Å². The highest BCUT2D eigenvalue weighted by molar-refractivity contribution is 7.92. The number of fused-ring (bicyclic) bond motifs is 1. The number of rotatable bonds is 6. The lowest BCUT2D eigenvalue weighted by Crippen LogP contribution is -2.39. The lowest BCUT2D eigenvalue weighted by molar-refractivity contribution is -0.119. The van der Waals surface area contributed by atoms with Crippen LogP contribution in [0.3, 0.4) is 0 Å². The quantitative estimate of drug-likeness (QED) is 0.455. The summed E-state index contributed by atoms with van der Waals surface area (Å²) in [4.78, 5) is 12.4. The van der Waals surface area contributed by atoms with Gasteiger partial charge < -0.3 is 0 Å². The summed E-state index contributed by atoms with van der Waals surface area (Å²) in [6.45, 7) is -0.430. The van der Waals surface area contributed by atoms with Crippen LogP contribution in [-0.4, -0.2) is 33.3 Å². The van der Waals surface area contributed by atoms with Crippen LogP contribution in [0, 0.1) is 0 Å². The van der Waals surface area contributed by atoms with Crippen molar-refractivity contribution in [3.05, 3.63) is 76.3 Å². The van der Waals surface area contributed by atoms with Crippen LogP contribution >= 0.6 is 23.2 Å². The molecule has 29 heavy (non-hydrogen) atoms. The molecule has 9 heteroatoms. The molecule has 1 amide bonds. The fourth-order valence-electron chi connectivity index (χ4n) is 2.78. The average molecular weight is 450 g/mol. The van der Waals surface area contributed by atoms with Gasteiger partial charge in [-0.15, -0.1) is 0 Å². The molecule has 0 aromatic heterocycles. The van der Waals surface area contributed by atoms with E-state index in [-0.39, 0.29) is 0 Å². The fourth-order valence-corrected chi connectivity index (χ4v) is 4.14. The molecule has 3 aromatic carbocycles. The van der Waals surface area contributed by atoms with E-state index in [1.807, 2.05) is 24.3 Å². The van der Waals surface area contributed by atoms with Crippen LogP contribution in [0.15, 0.2) is 65.8 Å². The lowest BCUT2D eigenvalue weighted by Gasteiger charge is -2.23. The van der Waals surface area contributed by atoms with E-state index in [2.05, 4.69) is 10.5 Å². The fraction of sp³-hybridized carbons (Fsp3) is 0.100. The maximum Gasteiger partial charge on any atom is 0.260 e. The molecule has 0 bridgehead atoms. The van der Waals surface area contributed by atoms with Gasteiger partial charge in [0.25, 0.3) is 5.91 Å². The average Bonchev–Trinajstić information content (AvgIpc) is 2.67. The molecule has 6 nitrogen and oxygen atoms in total. The van der Waals surface area contributed by atoms with E-state index >= 15 is 0 Å². The van der Waals surface area contributed by atoms with Gasteiger partial charge in [-0.3, -0.25) is 9.10 Å². The van der Waals surface area contributed by atoms with Gasteiger partial charge in [-0.25, -0.2) is 13.8 Å². The van der Waals surface area contributed by atoms with Crippen LogP contribution in [0.4, 0.5) is 5.69 Å². The van der Waals surface area contributed by atoms with Crippen LogP contribution in [0.25, 0.3) is 10.8 Å². The van der Waals surface area contributed by atoms with Gasteiger partial charge in [-0.05, 0) is 23.6 Å². The van der Waals surface area contributed by atoms with Crippen molar-refractivity contribution in [2.45, 2.75) is 0 Å². The molecule has 0 aliphatic carbocycles. The molecule has 150 valence electrons. The van der Waals surface area contributed by atoms with Crippen LogP contribution in [0.2, 0.25) is 10.0 Å². The Hall–Kier alpha value is -2.61. The van der Waals surface area contributed by atoms with Crippen LogP contribution in [0.1, 0.15) is 5.56 Å². The van der Waals surface area contributed by atoms with Crippen LogP contribution in [0.5, 0.6) is 0 Å². The molecule has 0 unspecified atom stereocenters. The van der Waals surface area contributed by atoms with Crippen LogP contribution in [-0.2, 0) is 14.8 Å².